The number of nitrogens with zero attached hydrogens (tertiary/aromatic N) is 1. The average Bonchev–Trinajstić information content (AvgIpc) is 2.43. The van der Waals surface area contributed by atoms with Gasteiger partial charge in [-0.1, -0.05) is 17.3 Å². The number of hydrogen-bond donors (Lipinski definition) is 3. The van der Waals surface area contributed by atoms with Gasteiger partial charge in [-0.15, -0.1) is 0 Å². The molecule has 1 aromatic rings. The normalized spacial score (nSPS) is 17.1. The minimum absolute atomic E-state index is 0.0491. The zero-order valence-corrected chi connectivity index (χ0v) is 11.4. The second kappa shape index (κ2) is 5.81. The van der Waals surface area contributed by atoms with E-state index < -0.39 is 0 Å². The molecule has 1 aromatic carbocycles. The number of amides is 1. The fourth-order valence-electron chi connectivity index (χ4n) is 2.21. The lowest BCUT2D eigenvalue weighted by atomic mass is 9.78. The molecule has 2 rings (SSSR count). The Labute approximate surface area is 117 Å². The van der Waals surface area contributed by atoms with E-state index in [1.165, 1.54) is 0 Å². The van der Waals surface area contributed by atoms with Crippen molar-refractivity contribution in [2.75, 3.05) is 6.61 Å². The summed E-state index contributed by atoms with van der Waals surface area (Å²) >= 11 is 0. The van der Waals surface area contributed by atoms with Gasteiger partial charge in [-0.05, 0) is 38.3 Å². The average molecular weight is 277 g/mol. The predicted molar refractivity (Wildman–Crippen MR) is 74.8 cm³/mol. The summed E-state index contributed by atoms with van der Waals surface area (Å²) in [6.07, 6.45) is 3.14. The lowest BCUT2D eigenvalue weighted by Crippen LogP contribution is -2.52. The monoisotopic (exact) mass is 277 g/mol. The zero-order chi connectivity index (χ0) is 14.6. The summed E-state index contributed by atoms with van der Waals surface area (Å²) in [5.41, 5.74) is 5.92. The minimum Gasteiger partial charge on any atom is -0.483 e. The fraction of sp³-hybridized carbons (Fsp3) is 0.429. The first-order valence-corrected chi connectivity index (χ1v) is 6.55. The Bertz CT molecular complexity index is 524. The SMILES string of the molecule is CC1(NC(=O)COc2ccccc2/C(N)=N/O)CCC1. The van der Waals surface area contributed by atoms with Gasteiger partial charge >= 0.3 is 0 Å². The molecule has 1 saturated carbocycles. The van der Waals surface area contributed by atoms with Crippen LogP contribution < -0.4 is 15.8 Å². The number of ether oxygens (including phenoxy) is 1. The van der Waals surface area contributed by atoms with Crippen LogP contribution in [0.15, 0.2) is 29.4 Å². The van der Waals surface area contributed by atoms with Gasteiger partial charge in [0.25, 0.3) is 5.91 Å². The van der Waals surface area contributed by atoms with Crippen molar-refractivity contribution in [3.63, 3.8) is 0 Å². The molecule has 0 saturated heterocycles. The van der Waals surface area contributed by atoms with Crippen LogP contribution in [0, 0.1) is 0 Å². The summed E-state index contributed by atoms with van der Waals surface area (Å²) < 4.78 is 5.45. The highest BCUT2D eigenvalue weighted by Gasteiger charge is 2.33. The van der Waals surface area contributed by atoms with Crippen LogP contribution in [0.4, 0.5) is 0 Å². The van der Waals surface area contributed by atoms with E-state index >= 15 is 0 Å². The molecular weight excluding hydrogens is 258 g/mol. The third kappa shape index (κ3) is 3.20. The maximum Gasteiger partial charge on any atom is 0.258 e. The van der Waals surface area contributed by atoms with Gasteiger partial charge in [0.2, 0.25) is 0 Å². The van der Waals surface area contributed by atoms with Crippen molar-refractivity contribution in [3.8, 4) is 5.75 Å². The quantitative estimate of drug-likeness (QED) is 0.326. The van der Waals surface area contributed by atoms with Gasteiger partial charge in [0.1, 0.15) is 5.75 Å². The number of para-hydroxylation sites is 1. The van der Waals surface area contributed by atoms with Crippen molar-refractivity contribution in [1.29, 1.82) is 0 Å². The Balaban J connectivity index is 1.95. The van der Waals surface area contributed by atoms with Crippen molar-refractivity contribution < 1.29 is 14.7 Å². The number of carbonyl (C=O) groups is 1. The summed E-state index contributed by atoms with van der Waals surface area (Å²) in [5, 5.41) is 14.6. The van der Waals surface area contributed by atoms with E-state index in [1.807, 2.05) is 6.92 Å². The molecule has 6 nitrogen and oxygen atoms in total. The summed E-state index contributed by atoms with van der Waals surface area (Å²) in [7, 11) is 0. The number of hydrogen-bond acceptors (Lipinski definition) is 4. The summed E-state index contributed by atoms with van der Waals surface area (Å²) in [4.78, 5) is 11.8. The number of nitrogens with one attached hydrogen (secondary N) is 1. The fourth-order valence-corrected chi connectivity index (χ4v) is 2.21. The number of carbonyl (C=O) groups excluding carboxylic acids is 1. The molecule has 4 N–H and O–H groups in total. The van der Waals surface area contributed by atoms with E-state index in [1.54, 1.807) is 24.3 Å². The molecule has 20 heavy (non-hydrogen) atoms. The second-order valence-corrected chi connectivity index (χ2v) is 5.23. The highest BCUT2D eigenvalue weighted by molar-refractivity contribution is 5.99. The largest absolute Gasteiger partial charge is 0.483 e. The van der Waals surface area contributed by atoms with Gasteiger partial charge in [0.15, 0.2) is 12.4 Å². The zero-order valence-electron chi connectivity index (χ0n) is 11.4. The lowest BCUT2D eigenvalue weighted by Gasteiger charge is -2.39. The van der Waals surface area contributed by atoms with Crippen molar-refractivity contribution in [1.82, 2.24) is 5.32 Å². The molecular formula is C14H19N3O3. The lowest BCUT2D eigenvalue weighted by molar-refractivity contribution is -0.125. The Hall–Kier alpha value is -2.24. The molecule has 0 unspecified atom stereocenters. The highest BCUT2D eigenvalue weighted by Crippen LogP contribution is 2.30. The first-order valence-electron chi connectivity index (χ1n) is 6.55. The Morgan fingerprint density at radius 2 is 2.20 bits per heavy atom. The standard InChI is InChI=1S/C14H19N3O3/c1-14(7-4-8-14)16-12(18)9-20-11-6-3-2-5-10(11)13(15)17-19/h2-3,5-6,19H,4,7-9H2,1H3,(H2,15,17)(H,16,18). The van der Waals surface area contributed by atoms with Crippen LogP contribution in [0.1, 0.15) is 31.7 Å². The topological polar surface area (TPSA) is 96.9 Å². The Morgan fingerprint density at radius 3 is 2.80 bits per heavy atom. The van der Waals surface area contributed by atoms with Crippen LogP contribution in [-0.4, -0.2) is 29.1 Å². The number of rotatable bonds is 5. The third-order valence-electron chi connectivity index (χ3n) is 3.53. The van der Waals surface area contributed by atoms with Crippen LogP contribution in [0.5, 0.6) is 5.75 Å². The van der Waals surface area contributed by atoms with Crippen LogP contribution >= 0.6 is 0 Å². The Morgan fingerprint density at radius 1 is 1.50 bits per heavy atom. The predicted octanol–water partition coefficient (Wildman–Crippen LogP) is 1.22. The van der Waals surface area contributed by atoms with E-state index in [4.69, 9.17) is 15.7 Å². The Kier molecular flexibility index (Phi) is 4.12. The van der Waals surface area contributed by atoms with Crippen LogP contribution in [0.25, 0.3) is 0 Å². The molecule has 6 heteroatoms. The third-order valence-corrected chi connectivity index (χ3v) is 3.53. The number of benzene rings is 1. The maximum absolute atomic E-state index is 11.8. The minimum atomic E-state index is -0.165. The van der Waals surface area contributed by atoms with Crippen molar-refractivity contribution in [2.24, 2.45) is 10.9 Å². The molecule has 0 bridgehead atoms. The van der Waals surface area contributed by atoms with Crippen LogP contribution in [0.3, 0.4) is 0 Å². The smallest absolute Gasteiger partial charge is 0.258 e. The van der Waals surface area contributed by atoms with Gasteiger partial charge in [-0.25, -0.2) is 0 Å². The van der Waals surface area contributed by atoms with Gasteiger partial charge < -0.3 is 21.0 Å². The van der Waals surface area contributed by atoms with Gasteiger partial charge in [-0.3, -0.25) is 4.79 Å². The molecule has 1 aliphatic carbocycles. The van der Waals surface area contributed by atoms with E-state index in [9.17, 15) is 4.79 Å². The summed E-state index contributed by atoms with van der Waals surface area (Å²) in [5.74, 6) is 0.199. The molecule has 0 atom stereocenters. The number of oxime groups is 1. The van der Waals surface area contributed by atoms with Crippen LogP contribution in [0.2, 0.25) is 0 Å². The second-order valence-electron chi connectivity index (χ2n) is 5.23. The summed E-state index contributed by atoms with van der Waals surface area (Å²) in [6.45, 7) is 1.93. The van der Waals surface area contributed by atoms with Crippen LogP contribution in [-0.2, 0) is 4.79 Å². The summed E-state index contributed by atoms with van der Waals surface area (Å²) in [6, 6.07) is 6.84. The molecule has 1 amide bonds. The molecule has 0 aliphatic heterocycles. The molecule has 0 radical (unpaired) electrons. The molecule has 1 aliphatic rings. The molecule has 1 fully saturated rings. The van der Waals surface area contributed by atoms with E-state index in [2.05, 4.69) is 10.5 Å². The van der Waals surface area contributed by atoms with E-state index in [-0.39, 0.29) is 23.9 Å². The van der Waals surface area contributed by atoms with Crippen molar-refractivity contribution in [2.45, 2.75) is 31.7 Å². The number of nitrogens with two attached hydrogens (primary N) is 1. The first-order chi connectivity index (χ1) is 9.54. The van der Waals surface area contributed by atoms with Gasteiger partial charge in [-0.2, -0.15) is 0 Å². The van der Waals surface area contributed by atoms with E-state index in [0.29, 0.717) is 11.3 Å². The first kappa shape index (κ1) is 14.2. The molecule has 0 spiro atoms. The molecule has 0 aromatic heterocycles. The van der Waals surface area contributed by atoms with Gasteiger partial charge in [0, 0.05) is 5.54 Å². The molecule has 108 valence electrons. The maximum atomic E-state index is 11.8. The number of amidine groups is 1. The highest BCUT2D eigenvalue weighted by atomic mass is 16.5. The van der Waals surface area contributed by atoms with Gasteiger partial charge in [0.05, 0.1) is 5.56 Å². The van der Waals surface area contributed by atoms with Crippen molar-refractivity contribution in [3.05, 3.63) is 29.8 Å². The van der Waals surface area contributed by atoms with E-state index in [0.717, 1.165) is 19.3 Å². The van der Waals surface area contributed by atoms with Crippen molar-refractivity contribution >= 4 is 11.7 Å². The molecule has 0 heterocycles.